The second kappa shape index (κ2) is 6.35. The zero-order valence-corrected chi connectivity index (χ0v) is 15.4. The number of furan rings is 1. The van der Waals surface area contributed by atoms with E-state index in [-0.39, 0.29) is 35.8 Å². The topological polar surface area (TPSA) is 13.1 Å². The zero-order chi connectivity index (χ0) is 23.6. The molecule has 0 saturated heterocycles. The third kappa shape index (κ3) is 2.55. The molecular formula is C28H18O. The van der Waals surface area contributed by atoms with Gasteiger partial charge < -0.3 is 4.42 Å². The first kappa shape index (κ1) is 11.9. The van der Waals surface area contributed by atoms with Crippen LogP contribution in [-0.4, -0.2) is 0 Å². The highest BCUT2D eigenvalue weighted by Gasteiger charge is 2.12. The smallest absolute Gasteiger partial charge is 0.135 e. The van der Waals surface area contributed by atoms with Crippen LogP contribution in [0.25, 0.3) is 55.0 Å². The highest BCUT2D eigenvalue weighted by atomic mass is 16.3. The number of hydrogen-bond acceptors (Lipinski definition) is 1. The van der Waals surface area contributed by atoms with Crippen LogP contribution in [0, 0.1) is 0 Å². The van der Waals surface area contributed by atoms with Crippen molar-refractivity contribution in [3.05, 3.63) is 109 Å². The lowest BCUT2D eigenvalue weighted by Crippen LogP contribution is -1.86. The molecule has 136 valence electrons. The number of fused-ring (bicyclic) bond motifs is 4. The Hall–Kier alpha value is -3.84. The molecule has 1 heteroatoms. The van der Waals surface area contributed by atoms with Gasteiger partial charge in [0.1, 0.15) is 11.2 Å². The minimum absolute atomic E-state index is 0.199. The largest absolute Gasteiger partial charge is 0.456 e. The first-order valence-electron chi connectivity index (χ1n) is 12.0. The van der Waals surface area contributed by atoms with Gasteiger partial charge in [-0.15, -0.1) is 0 Å². The Morgan fingerprint density at radius 3 is 1.90 bits per heavy atom. The second-order valence-electron chi connectivity index (χ2n) is 7.02. The van der Waals surface area contributed by atoms with Crippen LogP contribution in [0.1, 0.15) is 6.85 Å². The Balaban J connectivity index is 1.62. The predicted molar refractivity (Wildman–Crippen MR) is 122 cm³/mol. The summed E-state index contributed by atoms with van der Waals surface area (Å²) in [5, 5.41) is 3.86. The van der Waals surface area contributed by atoms with Gasteiger partial charge in [-0.3, -0.25) is 0 Å². The van der Waals surface area contributed by atoms with Gasteiger partial charge >= 0.3 is 0 Å². The van der Waals surface area contributed by atoms with Gasteiger partial charge in [-0.25, -0.2) is 0 Å². The fourth-order valence-corrected chi connectivity index (χ4v) is 4.05. The van der Waals surface area contributed by atoms with Gasteiger partial charge in [0.2, 0.25) is 0 Å². The fraction of sp³-hybridized carbons (Fsp3) is 0. The van der Waals surface area contributed by atoms with E-state index in [9.17, 15) is 0 Å². The molecule has 0 spiro atoms. The summed E-state index contributed by atoms with van der Waals surface area (Å²) in [4.78, 5) is 0. The lowest BCUT2D eigenvalue weighted by Gasteiger charge is -2.12. The van der Waals surface area contributed by atoms with E-state index in [1.807, 2.05) is 72.8 Å². The molecule has 0 bridgehead atoms. The minimum Gasteiger partial charge on any atom is -0.456 e. The molecule has 1 heterocycles. The lowest BCUT2D eigenvalue weighted by atomic mass is 9.92. The maximum atomic E-state index is 8.43. The van der Waals surface area contributed by atoms with E-state index in [0.29, 0.717) is 5.56 Å². The Kier molecular flexibility index (Phi) is 2.60. The third-order valence-corrected chi connectivity index (χ3v) is 5.38. The van der Waals surface area contributed by atoms with Gasteiger partial charge in [0.05, 0.1) is 6.85 Å². The van der Waals surface area contributed by atoms with E-state index in [4.69, 9.17) is 11.3 Å². The maximum absolute atomic E-state index is 8.43. The van der Waals surface area contributed by atoms with Gasteiger partial charge in [0.25, 0.3) is 0 Å². The summed E-state index contributed by atoms with van der Waals surface area (Å²) >= 11 is 0. The Morgan fingerprint density at radius 2 is 1.14 bits per heavy atom. The molecule has 1 aromatic heterocycles. The normalized spacial score (nSPS) is 13.9. The molecular weight excluding hydrogens is 352 g/mol. The zero-order valence-electron chi connectivity index (χ0n) is 20.4. The molecule has 0 amide bonds. The highest BCUT2D eigenvalue weighted by molar-refractivity contribution is 6.09. The van der Waals surface area contributed by atoms with Crippen LogP contribution >= 0.6 is 0 Å². The minimum atomic E-state index is -0.389. The van der Waals surface area contributed by atoms with Crippen LogP contribution in [0.15, 0.2) is 113 Å². The molecule has 5 aromatic carbocycles. The lowest BCUT2D eigenvalue weighted by molar-refractivity contribution is 0.669. The molecule has 29 heavy (non-hydrogen) atoms. The number of para-hydroxylation sites is 1. The van der Waals surface area contributed by atoms with Crippen molar-refractivity contribution in [1.82, 2.24) is 0 Å². The van der Waals surface area contributed by atoms with Crippen LogP contribution in [0.3, 0.4) is 0 Å². The summed E-state index contributed by atoms with van der Waals surface area (Å²) in [6, 6.07) is 24.2. The summed E-state index contributed by atoms with van der Waals surface area (Å²) in [5.74, 6) is 0. The standard InChI is InChI=1S/C28H18O/c1-2-8-19(9-3-1)21-15-16-22(24-11-5-4-10-23(21)24)20-14-17-28-26(18-20)25-12-6-7-13-27(25)29-28/h1-18H/i1D,2D,3D,8D,9D. The molecule has 1 nitrogen and oxygen atoms in total. The van der Waals surface area contributed by atoms with Crippen molar-refractivity contribution in [2.24, 2.45) is 0 Å². The molecule has 0 saturated carbocycles. The highest BCUT2D eigenvalue weighted by Crippen LogP contribution is 2.38. The van der Waals surface area contributed by atoms with Crippen molar-refractivity contribution >= 4 is 32.7 Å². The van der Waals surface area contributed by atoms with Crippen molar-refractivity contribution in [1.29, 1.82) is 0 Å². The Bertz CT molecular complexity index is 1740. The van der Waals surface area contributed by atoms with Crippen LogP contribution in [0.2, 0.25) is 0 Å². The van der Waals surface area contributed by atoms with Gasteiger partial charge in [-0.1, -0.05) is 90.9 Å². The summed E-state index contributed by atoms with van der Waals surface area (Å²) in [7, 11) is 0. The SMILES string of the molecule is [2H]c1c([2H])c([2H])c(-c2ccc(-c3ccc4oc5ccccc5c4c3)c3ccccc23)c([2H])c1[2H]. The van der Waals surface area contributed by atoms with Crippen molar-refractivity contribution in [3.63, 3.8) is 0 Å². The maximum Gasteiger partial charge on any atom is 0.135 e. The van der Waals surface area contributed by atoms with Gasteiger partial charge in [-0.05, 0) is 51.2 Å². The van der Waals surface area contributed by atoms with Gasteiger partial charge in [0, 0.05) is 10.8 Å². The Morgan fingerprint density at radius 1 is 0.517 bits per heavy atom. The van der Waals surface area contributed by atoms with E-state index < -0.39 is 0 Å². The van der Waals surface area contributed by atoms with Crippen molar-refractivity contribution in [3.8, 4) is 22.3 Å². The summed E-state index contributed by atoms with van der Waals surface area (Å²) in [6.07, 6.45) is 0. The van der Waals surface area contributed by atoms with E-state index >= 15 is 0 Å². The third-order valence-electron chi connectivity index (χ3n) is 5.38. The van der Waals surface area contributed by atoms with Gasteiger partial charge in [0.15, 0.2) is 0 Å². The van der Waals surface area contributed by atoms with Crippen molar-refractivity contribution < 1.29 is 11.3 Å². The van der Waals surface area contributed by atoms with Crippen molar-refractivity contribution in [2.45, 2.75) is 0 Å². The molecule has 0 aliphatic carbocycles. The average Bonchev–Trinajstić information content (AvgIpc) is 3.24. The molecule has 6 rings (SSSR count). The molecule has 0 fully saturated rings. The number of hydrogen-bond donors (Lipinski definition) is 0. The van der Waals surface area contributed by atoms with E-state index in [1.54, 1.807) is 0 Å². The first-order chi connectivity index (χ1) is 16.5. The molecule has 0 unspecified atom stereocenters. The number of benzene rings is 5. The molecule has 0 aliphatic rings. The molecule has 0 N–H and O–H groups in total. The summed E-state index contributed by atoms with van der Waals surface area (Å²) in [5.41, 5.74) is 4.51. The van der Waals surface area contributed by atoms with E-state index in [2.05, 4.69) is 6.07 Å². The Labute approximate surface area is 175 Å². The van der Waals surface area contributed by atoms with E-state index in [1.165, 1.54) is 0 Å². The average molecular weight is 375 g/mol. The second-order valence-corrected chi connectivity index (χ2v) is 7.02. The summed E-state index contributed by atoms with van der Waals surface area (Å²) < 4.78 is 46.9. The molecule has 0 aliphatic heterocycles. The predicted octanol–water partition coefficient (Wildman–Crippen LogP) is 8.07. The quantitative estimate of drug-likeness (QED) is 0.298. The van der Waals surface area contributed by atoms with Crippen LogP contribution in [0.4, 0.5) is 0 Å². The van der Waals surface area contributed by atoms with Crippen LogP contribution < -0.4 is 0 Å². The molecule has 6 aromatic rings. The summed E-state index contributed by atoms with van der Waals surface area (Å²) in [6.45, 7) is 0. The molecule has 0 atom stereocenters. The van der Waals surface area contributed by atoms with Crippen LogP contribution in [-0.2, 0) is 0 Å². The van der Waals surface area contributed by atoms with Crippen LogP contribution in [0.5, 0.6) is 0 Å². The number of rotatable bonds is 2. The van der Waals surface area contributed by atoms with Crippen molar-refractivity contribution in [2.75, 3.05) is 0 Å². The molecule has 0 radical (unpaired) electrons. The van der Waals surface area contributed by atoms with E-state index in [0.717, 1.165) is 43.8 Å². The fourth-order valence-electron chi connectivity index (χ4n) is 4.05. The first-order valence-corrected chi connectivity index (χ1v) is 9.46. The van der Waals surface area contributed by atoms with Gasteiger partial charge in [-0.2, -0.15) is 0 Å². The monoisotopic (exact) mass is 375 g/mol.